The van der Waals surface area contributed by atoms with Crippen molar-refractivity contribution in [2.75, 3.05) is 33.0 Å². The molecule has 0 aromatic rings. The van der Waals surface area contributed by atoms with Crippen LogP contribution in [-0.2, 0) is 9.47 Å². The van der Waals surface area contributed by atoms with Gasteiger partial charge in [0.25, 0.3) is 0 Å². The van der Waals surface area contributed by atoms with Crippen molar-refractivity contribution in [2.24, 2.45) is 0 Å². The van der Waals surface area contributed by atoms with Crippen molar-refractivity contribution in [3.63, 3.8) is 0 Å². The van der Waals surface area contributed by atoms with E-state index >= 15 is 0 Å². The van der Waals surface area contributed by atoms with Crippen LogP contribution in [0.3, 0.4) is 0 Å². The standard InChI is InChI=1S/C3H6O.C2H6O2.C2H4O.C2H2/c1-3-2-4-3;3-1-2-4;1-2-3-1;1-2/h3H,2H2,1H3;3-4H,1-2H2;1-2H2;1-2H. The molecule has 78 valence electrons. The second-order valence-corrected chi connectivity index (χ2v) is 2.20. The zero-order chi connectivity index (χ0) is 10.5. The second kappa shape index (κ2) is 14.0. The molecule has 2 fully saturated rings. The Balaban J connectivity index is 0. The van der Waals surface area contributed by atoms with Crippen LogP contribution in [0.5, 0.6) is 0 Å². The molecule has 2 heterocycles. The molecule has 0 amide bonds. The van der Waals surface area contributed by atoms with Gasteiger partial charge < -0.3 is 19.7 Å². The van der Waals surface area contributed by atoms with E-state index < -0.39 is 0 Å². The van der Waals surface area contributed by atoms with Gasteiger partial charge in [0.05, 0.1) is 39.1 Å². The first-order valence-corrected chi connectivity index (χ1v) is 4.05. The number of epoxide rings is 2. The summed E-state index contributed by atoms with van der Waals surface area (Å²) in [5, 5.41) is 15.2. The number of aliphatic hydroxyl groups is 2. The molecule has 4 nitrogen and oxygen atoms in total. The van der Waals surface area contributed by atoms with Gasteiger partial charge in [0, 0.05) is 0 Å². The van der Waals surface area contributed by atoms with Crippen molar-refractivity contribution in [3.05, 3.63) is 0 Å². The Morgan fingerprint density at radius 2 is 1.46 bits per heavy atom. The summed E-state index contributed by atoms with van der Waals surface area (Å²) in [4.78, 5) is 0. The smallest absolute Gasteiger partial charge is 0.0781 e. The number of hydrogen-bond acceptors (Lipinski definition) is 4. The summed E-state index contributed by atoms with van der Waals surface area (Å²) < 4.78 is 9.21. The van der Waals surface area contributed by atoms with Crippen molar-refractivity contribution in [3.8, 4) is 12.8 Å². The van der Waals surface area contributed by atoms with E-state index in [4.69, 9.17) is 14.9 Å². The minimum absolute atomic E-state index is 0.125. The minimum Gasteiger partial charge on any atom is -0.394 e. The fourth-order valence-electron chi connectivity index (χ4n) is 0.0962. The van der Waals surface area contributed by atoms with Gasteiger partial charge in [-0.05, 0) is 6.92 Å². The lowest BCUT2D eigenvalue weighted by Crippen LogP contribution is -1.85. The third-order valence-electron chi connectivity index (χ3n) is 0.804. The monoisotopic (exact) mass is 190 g/mol. The third-order valence-corrected chi connectivity index (χ3v) is 0.804. The van der Waals surface area contributed by atoms with Gasteiger partial charge in [0.15, 0.2) is 0 Å². The fraction of sp³-hybridized carbons (Fsp3) is 0.778. The number of ether oxygens (including phenoxy) is 2. The highest BCUT2D eigenvalue weighted by Gasteiger charge is 2.13. The molecule has 0 aromatic heterocycles. The molecule has 0 spiro atoms. The Morgan fingerprint density at radius 3 is 1.46 bits per heavy atom. The van der Waals surface area contributed by atoms with Crippen LogP contribution in [-0.4, -0.2) is 49.4 Å². The second-order valence-electron chi connectivity index (χ2n) is 2.20. The molecule has 0 aromatic carbocycles. The highest BCUT2D eigenvalue weighted by molar-refractivity contribution is 4.58. The zero-order valence-corrected chi connectivity index (χ0v) is 7.98. The van der Waals surface area contributed by atoms with Crippen molar-refractivity contribution in [2.45, 2.75) is 13.0 Å². The molecule has 2 rings (SSSR count). The van der Waals surface area contributed by atoms with E-state index in [1.165, 1.54) is 0 Å². The van der Waals surface area contributed by atoms with Crippen LogP contribution in [0.1, 0.15) is 6.92 Å². The predicted octanol–water partition coefficient (Wildman–Crippen LogP) is -0.358. The van der Waals surface area contributed by atoms with Crippen molar-refractivity contribution in [1.82, 2.24) is 0 Å². The molecular weight excluding hydrogens is 172 g/mol. The topological polar surface area (TPSA) is 65.5 Å². The number of hydrogen-bond donors (Lipinski definition) is 2. The van der Waals surface area contributed by atoms with Gasteiger partial charge >= 0.3 is 0 Å². The Bertz CT molecular complexity index is 92.3. The summed E-state index contributed by atoms with van der Waals surface area (Å²) in [5.74, 6) is 0. The molecule has 0 aliphatic carbocycles. The van der Waals surface area contributed by atoms with E-state index in [0.717, 1.165) is 19.8 Å². The highest BCUT2D eigenvalue weighted by Crippen LogP contribution is 2.04. The largest absolute Gasteiger partial charge is 0.394 e. The highest BCUT2D eigenvalue weighted by atomic mass is 16.6. The lowest BCUT2D eigenvalue weighted by atomic mass is 10.6. The quantitative estimate of drug-likeness (QED) is 0.438. The maximum absolute atomic E-state index is 7.62. The molecule has 0 bridgehead atoms. The molecule has 4 heteroatoms. The number of terminal acetylenes is 1. The zero-order valence-electron chi connectivity index (χ0n) is 7.98. The lowest BCUT2D eigenvalue weighted by Gasteiger charge is -1.70. The van der Waals surface area contributed by atoms with Gasteiger partial charge in [-0.2, -0.15) is 0 Å². The van der Waals surface area contributed by atoms with Crippen LogP contribution in [0.4, 0.5) is 0 Å². The minimum atomic E-state index is -0.125. The van der Waals surface area contributed by atoms with Gasteiger partial charge in [-0.1, -0.05) is 0 Å². The predicted molar refractivity (Wildman–Crippen MR) is 50.3 cm³/mol. The normalized spacial score (nSPS) is 20.2. The van der Waals surface area contributed by atoms with Gasteiger partial charge in [-0.15, -0.1) is 12.8 Å². The van der Waals surface area contributed by atoms with Crippen molar-refractivity contribution >= 4 is 0 Å². The molecule has 2 aliphatic heterocycles. The summed E-state index contributed by atoms with van der Waals surface area (Å²) in [6, 6.07) is 0. The molecule has 1 unspecified atom stereocenters. The van der Waals surface area contributed by atoms with Gasteiger partial charge in [-0.25, -0.2) is 0 Å². The lowest BCUT2D eigenvalue weighted by molar-refractivity contribution is 0.186. The Morgan fingerprint density at radius 1 is 1.23 bits per heavy atom. The Labute approximate surface area is 79.5 Å². The first kappa shape index (κ1) is 14.9. The Hall–Kier alpha value is -0.600. The van der Waals surface area contributed by atoms with Gasteiger partial charge in [0.2, 0.25) is 0 Å². The number of aliphatic hydroxyl groups excluding tert-OH is 2. The fourth-order valence-corrected chi connectivity index (χ4v) is 0.0962. The van der Waals surface area contributed by atoms with Crippen molar-refractivity contribution in [1.29, 1.82) is 0 Å². The first-order chi connectivity index (χ1) is 6.31. The molecule has 0 radical (unpaired) electrons. The first-order valence-electron chi connectivity index (χ1n) is 4.05. The summed E-state index contributed by atoms with van der Waals surface area (Å²) >= 11 is 0. The maximum Gasteiger partial charge on any atom is 0.0781 e. The van der Waals surface area contributed by atoms with Crippen molar-refractivity contribution < 1.29 is 19.7 Å². The third kappa shape index (κ3) is 52.0. The van der Waals surface area contributed by atoms with Crippen LogP contribution >= 0.6 is 0 Å². The summed E-state index contributed by atoms with van der Waals surface area (Å²) in [5.41, 5.74) is 0. The average molecular weight is 190 g/mol. The molecule has 2 aliphatic rings. The molecule has 0 saturated carbocycles. The van der Waals surface area contributed by atoms with Crippen LogP contribution in [0, 0.1) is 12.8 Å². The van der Waals surface area contributed by atoms with Crippen LogP contribution < -0.4 is 0 Å². The average Bonchev–Trinajstić information content (AvgIpc) is 3.01. The van der Waals surface area contributed by atoms with E-state index in [-0.39, 0.29) is 13.2 Å². The molecular formula is C9H18O4. The van der Waals surface area contributed by atoms with Crippen LogP contribution in [0.25, 0.3) is 0 Å². The van der Waals surface area contributed by atoms with E-state index in [9.17, 15) is 0 Å². The summed E-state index contributed by atoms with van der Waals surface area (Å²) in [6.07, 6.45) is 8.58. The van der Waals surface area contributed by atoms with Gasteiger partial charge in [-0.3, -0.25) is 0 Å². The van der Waals surface area contributed by atoms with E-state index in [0.29, 0.717) is 6.10 Å². The molecule has 2 N–H and O–H groups in total. The van der Waals surface area contributed by atoms with E-state index in [1.807, 2.05) is 0 Å². The van der Waals surface area contributed by atoms with E-state index in [2.05, 4.69) is 24.5 Å². The van der Waals surface area contributed by atoms with Crippen LogP contribution in [0.15, 0.2) is 0 Å². The molecule has 2 saturated heterocycles. The summed E-state index contributed by atoms with van der Waals surface area (Å²) in [6.45, 7) is 4.79. The number of rotatable bonds is 1. The molecule has 1 atom stereocenters. The summed E-state index contributed by atoms with van der Waals surface area (Å²) in [7, 11) is 0. The van der Waals surface area contributed by atoms with Crippen LogP contribution in [0.2, 0.25) is 0 Å². The van der Waals surface area contributed by atoms with Gasteiger partial charge in [0.1, 0.15) is 0 Å². The SMILES string of the molecule is C#C.C1CO1.CC1CO1.OCCO. The maximum atomic E-state index is 7.62. The molecule has 13 heavy (non-hydrogen) atoms. The Kier molecular flexibility index (Phi) is 16.0. The van der Waals surface area contributed by atoms with E-state index in [1.54, 1.807) is 0 Å².